The lowest BCUT2D eigenvalue weighted by molar-refractivity contribution is 0.164. The van der Waals surface area contributed by atoms with E-state index < -0.39 is 0 Å². The van der Waals surface area contributed by atoms with Crippen molar-refractivity contribution in [1.82, 2.24) is 9.88 Å². The first-order valence-electron chi connectivity index (χ1n) is 9.58. The number of para-hydroxylation sites is 1. The van der Waals surface area contributed by atoms with E-state index in [-0.39, 0.29) is 0 Å². The third-order valence-corrected chi connectivity index (χ3v) is 5.22. The van der Waals surface area contributed by atoms with Gasteiger partial charge in [0, 0.05) is 24.3 Å². The number of aromatic nitrogens is 1. The van der Waals surface area contributed by atoms with Gasteiger partial charge in [0.05, 0.1) is 0 Å². The number of ether oxygens (including phenoxy) is 2. The molecule has 138 valence electrons. The highest BCUT2D eigenvalue weighted by Crippen LogP contribution is 2.41. The second-order valence-electron chi connectivity index (χ2n) is 7.21. The molecule has 2 aliphatic heterocycles. The minimum absolute atomic E-state index is 0.377. The van der Waals surface area contributed by atoms with Gasteiger partial charge in [-0.1, -0.05) is 18.2 Å². The molecule has 3 heterocycles. The third kappa shape index (κ3) is 3.93. The van der Waals surface area contributed by atoms with E-state index in [2.05, 4.69) is 34.3 Å². The molecule has 2 aliphatic rings. The van der Waals surface area contributed by atoms with Crippen LogP contribution in [0.4, 0.5) is 5.82 Å². The van der Waals surface area contributed by atoms with Gasteiger partial charge in [0.15, 0.2) is 11.5 Å². The van der Waals surface area contributed by atoms with Crippen molar-refractivity contribution in [3.05, 3.63) is 48.2 Å². The fraction of sp³-hybridized carbons (Fsp3) is 0.476. The Morgan fingerprint density at radius 2 is 1.96 bits per heavy atom. The van der Waals surface area contributed by atoms with Gasteiger partial charge in [0.1, 0.15) is 19.0 Å². The fourth-order valence-corrected chi connectivity index (χ4v) is 3.98. The molecule has 0 spiro atoms. The number of piperidine rings is 1. The van der Waals surface area contributed by atoms with Crippen LogP contribution in [-0.4, -0.2) is 48.8 Å². The Kier molecular flexibility index (Phi) is 5.25. The zero-order valence-corrected chi connectivity index (χ0v) is 15.4. The number of nitrogens with one attached hydrogen (secondary N) is 1. The summed E-state index contributed by atoms with van der Waals surface area (Å²) in [4.78, 5) is 6.89. The molecule has 1 fully saturated rings. The van der Waals surface area contributed by atoms with Crippen LogP contribution in [0.5, 0.6) is 11.5 Å². The van der Waals surface area contributed by atoms with Gasteiger partial charge in [-0.25, -0.2) is 4.98 Å². The van der Waals surface area contributed by atoms with Gasteiger partial charge in [0.2, 0.25) is 0 Å². The number of fused-ring (bicyclic) bond motifs is 1. The molecule has 0 saturated carbocycles. The highest BCUT2D eigenvalue weighted by Gasteiger charge is 2.26. The summed E-state index contributed by atoms with van der Waals surface area (Å²) in [5, 5.41) is 3.48. The number of rotatable bonds is 5. The third-order valence-electron chi connectivity index (χ3n) is 5.22. The van der Waals surface area contributed by atoms with Crippen LogP contribution >= 0.6 is 0 Å². The van der Waals surface area contributed by atoms with Crippen molar-refractivity contribution >= 4 is 5.82 Å². The normalized spacial score (nSPS) is 19.1. The molecule has 26 heavy (non-hydrogen) atoms. The molecule has 0 aliphatic carbocycles. The molecule has 5 nitrogen and oxygen atoms in total. The van der Waals surface area contributed by atoms with Crippen molar-refractivity contribution in [1.29, 1.82) is 0 Å². The molecule has 0 amide bonds. The highest BCUT2D eigenvalue weighted by atomic mass is 16.6. The first-order chi connectivity index (χ1) is 12.8. The van der Waals surface area contributed by atoms with Crippen molar-refractivity contribution in [3.63, 3.8) is 0 Å². The van der Waals surface area contributed by atoms with Crippen molar-refractivity contribution in [2.75, 3.05) is 38.2 Å². The molecule has 1 N–H and O–H groups in total. The molecule has 0 bridgehead atoms. The summed E-state index contributed by atoms with van der Waals surface area (Å²) in [6.07, 6.45) is 4.15. The molecule has 0 radical (unpaired) electrons. The lowest BCUT2D eigenvalue weighted by atomic mass is 9.88. The molecule has 1 aromatic heterocycles. The van der Waals surface area contributed by atoms with E-state index in [0.717, 1.165) is 49.8 Å². The number of nitrogens with zero attached hydrogens (tertiary/aromatic N) is 2. The molecule has 1 atom stereocenters. The molecule has 0 unspecified atom stereocenters. The van der Waals surface area contributed by atoms with Crippen LogP contribution in [0.15, 0.2) is 42.6 Å². The van der Waals surface area contributed by atoms with Crippen LogP contribution in [0, 0.1) is 0 Å². The number of likely N-dealkylation sites (tertiary alicyclic amines) is 1. The average Bonchev–Trinajstić information content (AvgIpc) is 2.69. The topological polar surface area (TPSA) is 46.6 Å². The van der Waals surface area contributed by atoms with Gasteiger partial charge in [0.25, 0.3) is 0 Å². The average molecular weight is 353 g/mol. The van der Waals surface area contributed by atoms with Crippen LogP contribution in [-0.2, 0) is 0 Å². The maximum atomic E-state index is 5.91. The molecule has 4 rings (SSSR count). The van der Waals surface area contributed by atoms with Gasteiger partial charge in [-0.2, -0.15) is 0 Å². The minimum atomic E-state index is 0.377. The maximum absolute atomic E-state index is 5.91. The Labute approximate surface area is 155 Å². The highest BCUT2D eigenvalue weighted by molar-refractivity contribution is 5.49. The Hall–Kier alpha value is -2.27. The first kappa shape index (κ1) is 17.2. The molecular formula is C21H27N3O2. The van der Waals surface area contributed by atoms with Crippen LogP contribution in [0.1, 0.15) is 31.2 Å². The van der Waals surface area contributed by atoms with Crippen LogP contribution in [0.3, 0.4) is 0 Å². The second kappa shape index (κ2) is 7.96. The quantitative estimate of drug-likeness (QED) is 0.891. The smallest absolute Gasteiger partial charge is 0.164 e. The zero-order valence-electron chi connectivity index (χ0n) is 15.4. The van der Waals surface area contributed by atoms with Gasteiger partial charge in [-0.3, -0.25) is 0 Å². The number of pyridine rings is 1. The van der Waals surface area contributed by atoms with E-state index in [1.807, 2.05) is 30.5 Å². The molecule has 1 aromatic carbocycles. The van der Waals surface area contributed by atoms with Crippen molar-refractivity contribution < 1.29 is 9.47 Å². The predicted octanol–water partition coefficient (Wildman–Crippen LogP) is 3.53. The molecule has 1 saturated heterocycles. The van der Waals surface area contributed by atoms with Crippen molar-refractivity contribution in [2.24, 2.45) is 0 Å². The fourth-order valence-electron chi connectivity index (χ4n) is 3.98. The summed E-state index contributed by atoms with van der Waals surface area (Å²) in [6, 6.07) is 12.7. The maximum Gasteiger partial charge on any atom is 0.164 e. The summed E-state index contributed by atoms with van der Waals surface area (Å²) < 4.78 is 11.6. The Balaban J connectivity index is 1.32. The summed E-state index contributed by atoms with van der Waals surface area (Å²) in [7, 11) is 0. The molecule has 2 aromatic rings. The summed E-state index contributed by atoms with van der Waals surface area (Å²) in [6.45, 7) is 6.79. The van der Waals surface area contributed by atoms with E-state index in [9.17, 15) is 0 Å². The monoisotopic (exact) mass is 353 g/mol. The largest absolute Gasteiger partial charge is 0.486 e. The number of hydrogen-bond acceptors (Lipinski definition) is 5. The van der Waals surface area contributed by atoms with E-state index >= 15 is 0 Å². The lowest BCUT2D eigenvalue weighted by Gasteiger charge is -2.35. The van der Waals surface area contributed by atoms with E-state index in [4.69, 9.17) is 9.47 Å². The van der Waals surface area contributed by atoms with E-state index in [0.29, 0.717) is 25.2 Å². The first-order valence-corrected chi connectivity index (χ1v) is 9.58. The predicted molar refractivity (Wildman–Crippen MR) is 103 cm³/mol. The summed E-state index contributed by atoms with van der Waals surface area (Å²) >= 11 is 0. The number of anilines is 1. The Morgan fingerprint density at radius 3 is 2.77 bits per heavy atom. The number of hydrogen-bond donors (Lipinski definition) is 1. The van der Waals surface area contributed by atoms with Gasteiger partial charge in [-0.05, 0) is 57.0 Å². The SMILES string of the molecule is C[C@H](CN1CCC(c2cccc3c2OCCO3)CC1)Nc1ccccn1. The Bertz CT molecular complexity index is 714. The van der Waals surface area contributed by atoms with Gasteiger partial charge >= 0.3 is 0 Å². The van der Waals surface area contributed by atoms with Gasteiger partial charge < -0.3 is 19.7 Å². The van der Waals surface area contributed by atoms with Crippen LogP contribution in [0.2, 0.25) is 0 Å². The number of benzene rings is 1. The van der Waals surface area contributed by atoms with Crippen molar-refractivity contribution in [3.8, 4) is 11.5 Å². The van der Waals surface area contributed by atoms with Crippen molar-refractivity contribution in [2.45, 2.75) is 31.7 Å². The van der Waals surface area contributed by atoms with E-state index in [1.54, 1.807) is 0 Å². The standard InChI is InChI=1S/C21H27N3O2/c1-16(23-20-7-2-3-10-22-20)15-24-11-8-17(9-12-24)18-5-4-6-19-21(18)26-14-13-25-19/h2-7,10,16-17H,8-9,11-15H2,1H3,(H,22,23)/t16-/m1/s1. The minimum Gasteiger partial charge on any atom is -0.486 e. The van der Waals surface area contributed by atoms with Crippen LogP contribution in [0.25, 0.3) is 0 Å². The summed E-state index contributed by atoms with van der Waals surface area (Å²) in [5.74, 6) is 3.39. The van der Waals surface area contributed by atoms with Gasteiger partial charge in [-0.15, -0.1) is 0 Å². The molecular weight excluding hydrogens is 326 g/mol. The Morgan fingerprint density at radius 1 is 1.12 bits per heavy atom. The van der Waals surface area contributed by atoms with E-state index in [1.165, 1.54) is 5.56 Å². The molecule has 5 heteroatoms. The van der Waals surface area contributed by atoms with Crippen LogP contribution < -0.4 is 14.8 Å². The summed E-state index contributed by atoms with van der Waals surface area (Å²) in [5.41, 5.74) is 1.32. The second-order valence-corrected chi connectivity index (χ2v) is 7.21. The zero-order chi connectivity index (χ0) is 17.8. The lowest BCUT2D eigenvalue weighted by Crippen LogP contribution is -2.40.